The number of nitrogens with zero attached hydrogens (tertiary/aromatic N) is 2. The normalized spacial score (nSPS) is 13.9. The van der Waals surface area contributed by atoms with Crippen LogP contribution in [0.3, 0.4) is 0 Å². The Labute approximate surface area is 112 Å². The molecule has 0 aromatic carbocycles. The molecule has 1 unspecified atom stereocenters. The van der Waals surface area contributed by atoms with E-state index in [-0.39, 0.29) is 12.2 Å². The Hall–Kier alpha value is -1.69. The van der Waals surface area contributed by atoms with Gasteiger partial charge < -0.3 is 10.4 Å². The topological polar surface area (TPSA) is 84.2 Å². The number of carbonyl (C=O) groups excluding carboxylic acids is 2. The molecule has 1 rings (SSSR count). The van der Waals surface area contributed by atoms with Gasteiger partial charge in [-0.1, -0.05) is 6.92 Å². The Morgan fingerprint density at radius 2 is 2.16 bits per heavy atom. The summed E-state index contributed by atoms with van der Waals surface area (Å²) < 4.78 is 1.59. The summed E-state index contributed by atoms with van der Waals surface area (Å²) in [6.07, 6.45) is 4.00. The fourth-order valence-corrected chi connectivity index (χ4v) is 1.69. The van der Waals surface area contributed by atoms with Crippen molar-refractivity contribution in [1.82, 2.24) is 15.1 Å². The fourth-order valence-electron chi connectivity index (χ4n) is 1.69. The lowest BCUT2D eigenvalue weighted by atomic mass is 9.94. The van der Waals surface area contributed by atoms with Crippen LogP contribution in [0, 0.1) is 0 Å². The van der Waals surface area contributed by atoms with Gasteiger partial charge in [0.15, 0.2) is 0 Å². The number of nitrogens with one attached hydrogen (secondary N) is 1. The molecule has 0 aliphatic carbocycles. The highest BCUT2D eigenvalue weighted by Crippen LogP contribution is 2.14. The molecule has 1 aromatic rings. The predicted molar refractivity (Wildman–Crippen MR) is 70.8 cm³/mol. The molecule has 6 heteroatoms. The Morgan fingerprint density at radius 1 is 1.47 bits per heavy atom. The highest BCUT2D eigenvalue weighted by atomic mass is 16.3. The third-order valence-electron chi connectivity index (χ3n) is 3.28. The standard InChI is InChI=1S/C13H21N3O3/c1-4-13(3,6-7-17)15-12(19)11(18)10-8-14-16(5-2)9-10/h8-9,17H,4-7H2,1-3H3,(H,15,19). The Kier molecular flexibility index (Phi) is 5.23. The van der Waals surface area contributed by atoms with Gasteiger partial charge in [0.05, 0.1) is 11.8 Å². The molecule has 0 saturated heterocycles. The van der Waals surface area contributed by atoms with E-state index in [2.05, 4.69) is 10.4 Å². The van der Waals surface area contributed by atoms with Gasteiger partial charge >= 0.3 is 0 Å². The first-order chi connectivity index (χ1) is 8.95. The molecule has 0 saturated carbocycles. The van der Waals surface area contributed by atoms with Crippen LogP contribution in [0.2, 0.25) is 0 Å². The van der Waals surface area contributed by atoms with Crippen molar-refractivity contribution in [3.8, 4) is 0 Å². The summed E-state index contributed by atoms with van der Waals surface area (Å²) in [5.74, 6) is -1.26. The summed E-state index contributed by atoms with van der Waals surface area (Å²) in [6, 6.07) is 0. The second kappa shape index (κ2) is 6.47. The first kappa shape index (κ1) is 15.4. The number of hydrogen-bond acceptors (Lipinski definition) is 4. The second-order valence-electron chi connectivity index (χ2n) is 4.76. The van der Waals surface area contributed by atoms with Crippen LogP contribution in [0.25, 0.3) is 0 Å². The largest absolute Gasteiger partial charge is 0.396 e. The summed E-state index contributed by atoms with van der Waals surface area (Å²) in [5.41, 5.74) is -0.288. The molecule has 0 radical (unpaired) electrons. The molecule has 0 aliphatic rings. The monoisotopic (exact) mass is 267 g/mol. The maximum atomic E-state index is 11.9. The molecule has 106 valence electrons. The summed E-state index contributed by atoms with van der Waals surface area (Å²) >= 11 is 0. The van der Waals surface area contributed by atoms with E-state index in [4.69, 9.17) is 5.11 Å². The van der Waals surface area contributed by atoms with Crippen LogP contribution >= 0.6 is 0 Å². The van der Waals surface area contributed by atoms with Crippen molar-refractivity contribution >= 4 is 11.7 Å². The zero-order chi connectivity index (χ0) is 14.5. The van der Waals surface area contributed by atoms with Crippen molar-refractivity contribution in [1.29, 1.82) is 0 Å². The number of carbonyl (C=O) groups is 2. The van der Waals surface area contributed by atoms with E-state index in [0.29, 0.717) is 19.4 Å². The molecule has 1 atom stereocenters. The Morgan fingerprint density at radius 3 is 2.63 bits per heavy atom. The van der Waals surface area contributed by atoms with Crippen LogP contribution in [0.1, 0.15) is 44.0 Å². The van der Waals surface area contributed by atoms with Crippen molar-refractivity contribution in [3.63, 3.8) is 0 Å². The molecule has 1 aromatic heterocycles. The molecule has 2 N–H and O–H groups in total. The number of aryl methyl sites for hydroxylation is 1. The SMILES string of the molecule is CCn1cc(C(=O)C(=O)NC(C)(CC)CCO)cn1. The zero-order valence-electron chi connectivity index (χ0n) is 11.6. The van der Waals surface area contributed by atoms with Gasteiger partial charge in [0.25, 0.3) is 11.7 Å². The van der Waals surface area contributed by atoms with Crippen LogP contribution in [0.15, 0.2) is 12.4 Å². The molecule has 1 heterocycles. The average molecular weight is 267 g/mol. The van der Waals surface area contributed by atoms with Crippen molar-refractivity contribution < 1.29 is 14.7 Å². The summed E-state index contributed by atoms with van der Waals surface area (Å²) in [4.78, 5) is 23.9. The fraction of sp³-hybridized carbons (Fsp3) is 0.615. The van der Waals surface area contributed by atoms with Crippen LogP contribution in [-0.2, 0) is 11.3 Å². The molecular weight excluding hydrogens is 246 g/mol. The minimum absolute atomic E-state index is 0.0351. The number of aliphatic hydroxyl groups is 1. The van der Waals surface area contributed by atoms with Gasteiger partial charge in [-0.05, 0) is 26.7 Å². The van der Waals surface area contributed by atoms with Crippen molar-refractivity contribution in [3.05, 3.63) is 18.0 Å². The summed E-state index contributed by atoms with van der Waals surface area (Å²) in [5, 5.41) is 15.6. The first-order valence-corrected chi connectivity index (χ1v) is 6.46. The number of aromatic nitrogens is 2. The van der Waals surface area contributed by atoms with Crippen LogP contribution < -0.4 is 5.32 Å². The van der Waals surface area contributed by atoms with E-state index < -0.39 is 17.2 Å². The van der Waals surface area contributed by atoms with Gasteiger partial charge in [-0.15, -0.1) is 0 Å². The number of ketones is 1. The lowest BCUT2D eigenvalue weighted by molar-refractivity contribution is -0.118. The van der Waals surface area contributed by atoms with Crippen molar-refractivity contribution in [2.24, 2.45) is 0 Å². The molecule has 19 heavy (non-hydrogen) atoms. The number of rotatable bonds is 7. The third-order valence-corrected chi connectivity index (χ3v) is 3.28. The number of hydrogen-bond donors (Lipinski definition) is 2. The third kappa shape index (κ3) is 3.89. The zero-order valence-corrected chi connectivity index (χ0v) is 11.6. The molecule has 0 aliphatic heterocycles. The van der Waals surface area contributed by atoms with Gasteiger partial charge in [0, 0.05) is 24.9 Å². The van der Waals surface area contributed by atoms with E-state index in [1.165, 1.54) is 6.20 Å². The second-order valence-corrected chi connectivity index (χ2v) is 4.76. The smallest absolute Gasteiger partial charge is 0.292 e. The Balaban J connectivity index is 2.74. The molecule has 6 nitrogen and oxygen atoms in total. The summed E-state index contributed by atoms with van der Waals surface area (Å²) in [7, 11) is 0. The van der Waals surface area contributed by atoms with E-state index >= 15 is 0 Å². The average Bonchev–Trinajstić information content (AvgIpc) is 2.86. The predicted octanol–water partition coefficient (Wildman–Crippen LogP) is 0.753. The lowest BCUT2D eigenvalue weighted by Gasteiger charge is -2.28. The molecule has 0 spiro atoms. The quantitative estimate of drug-likeness (QED) is 0.564. The van der Waals surface area contributed by atoms with Crippen LogP contribution in [0.5, 0.6) is 0 Å². The minimum atomic E-state index is -0.659. The Bertz CT molecular complexity index is 456. The summed E-state index contributed by atoms with van der Waals surface area (Å²) in [6.45, 7) is 6.22. The number of Topliss-reactive ketones (excluding diaryl/α,β-unsaturated/α-hetero) is 1. The van der Waals surface area contributed by atoms with Crippen LogP contribution in [0.4, 0.5) is 0 Å². The first-order valence-electron chi connectivity index (χ1n) is 6.46. The van der Waals surface area contributed by atoms with E-state index in [0.717, 1.165) is 0 Å². The number of aliphatic hydroxyl groups excluding tert-OH is 1. The van der Waals surface area contributed by atoms with E-state index in [1.807, 2.05) is 20.8 Å². The molecular formula is C13H21N3O3. The van der Waals surface area contributed by atoms with Gasteiger partial charge in [-0.25, -0.2) is 0 Å². The van der Waals surface area contributed by atoms with Crippen LogP contribution in [-0.4, -0.2) is 38.7 Å². The maximum Gasteiger partial charge on any atom is 0.292 e. The highest BCUT2D eigenvalue weighted by molar-refractivity contribution is 6.42. The molecule has 0 bridgehead atoms. The minimum Gasteiger partial charge on any atom is -0.396 e. The van der Waals surface area contributed by atoms with Gasteiger partial charge in [0.1, 0.15) is 0 Å². The van der Waals surface area contributed by atoms with E-state index in [9.17, 15) is 9.59 Å². The highest BCUT2D eigenvalue weighted by Gasteiger charge is 2.27. The van der Waals surface area contributed by atoms with Crippen molar-refractivity contribution in [2.45, 2.75) is 45.7 Å². The number of amides is 1. The van der Waals surface area contributed by atoms with E-state index in [1.54, 1.807) is 10.9 Å². The lowest BCUT2D eigenvalue weighted by Crippen LogP contribution is -2.48. The molecule has 0 fully saturated rings. The van der Waals surface area contributed by atoms with Gasteiger partial charge in [-0.3, -0.25) is 14.3 Å². The maximum absolute atomic E-state index is 11.9. The molecule has 1 amide bonds. The van der Waals surface area contributed by atoms with Gasteiger partial charge in [-0.2, -0.15) is 5.10 Å². The van der Waals surface area contributed by atoms with Gasteiger partial charge in [0.2, 0.25) is 0 Å². The van der Waals surface area contributed by atoms with Crippen molar-refractivity contribution in [2.75, 3.05) is 6.61 Å².